The number of Topliss-reactive ketones (excluding diaryl/α,β-unsaturated/α-hetero) is 1. The van der Waals surface area contributed by atoms with Gasteiger partial charge in [-0.2, -0.15) is 0 Å². The fraction of sp³-hybridized carbons (Fsp3) is 0.897. The average Bonchev–Trinajstić information content (AvgIpc) is 3.24. The summed E-state index contributed by atoms with van der Waals surface area (Å²) in [4.78, 5) is 41.0. The summed E-state index contributed by atoms with van der Waals surface area (Å²) in [5, 5.41) is 21.9. The summed E-state index contributed by atoms with van der Waals surface area (Å²) in [6, 6.07) is 0. The van der Waals surface area contributed by atoms with Gasteiger partial charge in [0, 0.05) is 31.9 Å². The lowest BCUT2D eigenvalue weighted by Crippen LogP contribution is -2.65. The van der Waals surface area contributed by atoms with Crippen LogP contribution in [0.25, 0.3) is 0 Å². The number of nitrogens with zero attached hydrogens (tertiary/aromatic N) is 2. The summed E-state index contributed by atoms with van der Waals surface area (Å²) in [6.07, 6.45) is 6.09. The van der Waals surface area contributed by atoms with E-state index in [9.17, 15) is 19.7 Å². The molecule has 2 bridgehead atoms. The van der Waals surface area contributed by atoms with E-state index >= 15 is 0 Å². The molecule has 1 heterocycles. The Morgan fingerprint density at radius 2 is 1.90 bits per heavy atom. The molecule has 0 aromatic rings. The molecule has 3 saturated carbocycles. The van der Waals surface area contributed by atoms with Crippen molar-refractivity contribution in [3.63, 3.8) is 0 Å². The van der Waals surface area contributed by atoms with Crippen molar-refractivity contribution in [3.8, 4) is 0 Å². The number of amides is 1. The van der Waals surface area contributed by atoms with Gasteiger partial charge in [-0.05, 0) is 75.0 Å². The maximum absolute atomic E-state index is 13.7. The highest BCUT2D eigenvalue weighted by molar-refractivity contribution is 6.47. The van der Waals surface area contributed by atoms with Crippen LogP contribution in [0.4, 0.5) is 0 Å². The Balaban J connectivity index is 0.00000616. The molecule has 0 aromatic carbocycles. The fourth-order valence-corrected chi connectivity index (χ4v) is 7.10. The minimum atomic E-state index is -0.784. The maximum Gasteiger partial charge on any atom is 0.481 e. The minimum Gasteiger partial charge on any atom is -0.404 e. The molecule has 5 N–H and O–H groups in total. The van der Waals surface area contributed by atoms with Gasteiger partial charge in [0.2, 0.25) is 5.91 Å². The van der Waals surface area contributed by atoms with Crippen LogP contribution < -0.4 is 16.5 Å². The Labute approximate surface area is 251 Å². The fourth-order valence-electron chi connectivity index (χ4n) is 7.10. The third-order valence-electron chi connectivity index (χ3n) is 9.51. The number of nitro groups is 1. The van der Waals surface area contributed by atoms with Crippen LogP contribution in [0.1, 0.15) is 106 Å². The minimum absolute atomic E-state index is 0. The Morgan fingerprint density at radius 1 is 1.19 bits per heavy atom. The van der Waals surface area contributed by atoms with Crippen molar-refractivity contribution in [2.75, 3.05) is 13.2 Å². The number of rotatable bonds is 17. The molecule has 4 rings (SSSR count). The molecule has 0 unspecified atom stereocenters. The lowest BCUT2D eigenvalue weighted by molar-refractivity contribution is -0.525. The van der Waals surface area contributed by atoms with Crippen LogP contribution in [0.2, 0.25) is 0 Å². The number of aliphatic hydroxyl groups is 1. The van der Waals surface area contributed by atoms with E-state index in [4.69, 9.17) is 20.1 Å². The van der Waals surface area contributed by atoms with Crippen molar-refractivity contribution in [2.45, 2.75) is 124 Å². The molecule has 4 fully saturated rings. The molecular weight excluding hydrogens is 541 g/mol. The number of nitrogens with two attached hydrogens (primary N) is 1. The van der Waals surface area contributed by atoms with Crippen LogP contribution in [0.5, 0.6) is 0 Å². The molecule has 240 valence electrons. The summed E-state index contributed by atoms with van der Waals surface area (Å²) in [5.41, 5.74) is 7.13. The second-order valence-corrected chi connectivity index (χ2v) is 13.3. The van der Waals surface area contributed by atoms with E-state index in [-0.39, 0.29) is 73.6 Å². The number of ketones is 1. The second-order valence-electron chi connectivity index (χ2n) is 13.3. The van der Waals surface area contributed by atoms with Gasteiger partial charge in [0.25, 0.3) is 5.96 Å². The predicted molar refractivity (Wildman–Crippen MR) is 163 cm³/mol. The normalized spacial score (nSPS) is 27.4. The van der Waals surface area contributed by atoms with E-state index < -0.39 is 18.1 Å². The van der Waals surface area contributed by atoms with Crippen LogP contribution in [0.15, 0.2) is 4.99 Å². The lowest BCUT2D eigenvalue weighted by Gasteiger charge is -2.64. The summed E-state index contributed by atoms with van der Waals surface area (Å²) >= 11 is 0. The van der Waals surface area contributed by atoms with Crippen molar-refractivity contribution in [3.05, 3.63) is 10.1 Å². The van der Waals surface area contributed by atoms with E-state index in [2.05, 4.69) is 44.9 Å². The van der Waals surface area contributed by atoms with Crippen LogP contribution >= 0.6 is 0 Å². The number of carbonyl (C=O) groups excluding carboxylic acids is 2. The number of hydrogen-bond donors (Lipinski definition) is 4. The number of carbonyl (C=O) groups is 2. The average molecular weight is 596 g/mol. The Bertz CT molecular complexity index is 965. The molecule has 1 saturated heterocycles. The molecular formula is C29H54BN5O7. The van der Waals surface area contributed by atoms with Crippen LogP contribution in [-0.2, 0) is 18.9 Å². The Kier molecular flexibility index (Phi) is 13.2. The molecule has 12 nitrogen and oxygen atoms in total. The van der Waals surface area contributed by atoms with Gasteiger partial charge in [-0.25, -0.2) is 15.1 Å². The maximum atomic E-state index is 13.7. The number of hydrazine groups is 1. The number of guanidine groups is 1. The third-order valence-corrected chi connectivity index (χ3v) is 9.51. The molecule has 1 amide bonds. The van der Waals surface area contributed by atoms with Gasteiger partial charge in [-0.15, -0.1) is 0 Å². The van der Waals surface area contributed by atoms with Crippen LogP contribution in [0.3, 0.4) is 0 Å². The number of nitrogens with one attached hydrogen (secondary N) is 2. The van der Waals surface area contributed by atoms with Gasteiger partial charge in [0.1, 0.15) is 5.78 Å². The summed E-state index contributed by atoms with van der Waals surface area (Å²) in [5.74, 6) is -0.159. The molecule has 0 radical (unpaired) electrons. The van der Waals surface area contributed by atoms with Crippen LogP contribution in [-0.4, -0.2) is 65.7 Å². The number of hydrogen-bond acceptors (Lipinski definition) is 8. The highest BCUT2D eigenvalue weighted by Gasteiger charge is 2.68. The monoisotopic (exact) mass is 595 g/mol. The van der Waals surface area contributed by atoms with Crippen molar-refractivity contribution >= 4 is 24.8 Å². The number of aliphatic imine (C=N–C) groups is 1. The summed E-state index contributed by atoms with van der Waals surface area (Å²) in [6.45, 7) is 11.3. The molecule has 3 aliphatic carbocycles. The molecule has 13 heteroatoms. The van der Waals surface area contributed by atoms with Crippen LogP contribution in [0, 0.1) is 39.2 Å². The van der Waals surface area contributed by atoms with Gasteiger partial charge in [-0.1, -0.05) is 47.0 Å². The van der Waals surface area contributed by atoms with Gasteiger partial charge in [0.15, 0.2) is 5.03 Å². The first-order valence-corrected chi connectivity index (χ1v) is 15.2. The SMILES string of the molecule is C.CC(C)C[C@H](NC(=O)[C@H](CCCN=C(N)N[N+](=O)[O-])CC(=O)CCCCCO)B1O[C@@H]2C[C@@H]3C[C@@H](C3(C)C)[C@]2(C)O1. The van der Waals surface area contributed by atoms with Gasteiger partial charge in [-0.3, -0.25) is 9.59 Å². The van der Waals surface area contributed by atoms with Gasteiger partial charge < -0.3 is 25.5 Å². The zero-order valence-corrected chi connectivity index (χ0v) is 25.4. The zero-order chi connectivity index (χ0) is 30.4. The van der Waals surface area contributed by atoms with E-state index in [1.165, 1.54) is 0 Å². The molecule has 0 aromatic heterocycles. The number of unbranched alkanes of at least 4 members (excludes halogenated alkanes) is 2. The third kappa shape index (κ3) is 8.89. The highest BCUT2D eigenvalue weighted by Crippen LogP contribution is 2.65. The van der Waals surface area contributed by atoms with Crippen molar-refractivity contribution in [2.24, 2.45) is 39.8 Å². The van der Waals surface area contributed by atoms with Gasteiger partial charge >= 0.3 is 7.12 Å². The standard InChI is InChI=1S/C28H50BN5O7.CH4/c1-18(2)14-24(29-40-23-17-20-16-22(27(20,3)4)28(23,5)41-29)32-25(37)19(15-21(36)11-7-6-8-13-35)10-9-12-31-26(30)33-34(38)39;/h18-20,22-24,35H,6-17H2,1-5H3,(H,32,37)(H3,30,31,33);1H4/t19-,20+,22+,23-,24+,28+;/m1./s1. The summed E-state index contributed by atoms with van der Waals surface area (Å²) in [7, 11) is -0.557. The molecule has 4 aliphatic rings. The predicted octanol–water partition coefficient (Wildman–Crippen LogP) is 3.43. The Hall–Kier alpha value is -2.25. The summed E-state index contributed by atoms with van der Waals surface area (Å²) < 4.78 is 13.2. The topological polar surface area (TPSA) is 178 Å². The lowest BCUT2D eigenvalue weighted by atomic mass is 9.43. The van der Waals surface area contributed by atoms with Gasteiger partial charge in [0.05, 0.1) is 17.6 Å². The smallest absolute Gasteiger partial charge is 0.404 e. The van der Waals surface area contributed by atoms with Crippen molar-refractivity contribution in [1.82, 2.24) is 10.7 Å². The first-order chi connectivity index (χ1) is 19.3. The highest BCUT2D eigenvalue weighted by atomic mass is 16.7. The Morgan fingerprint density at radius 3 is 2.52 bits per heavy atom. The van der Waals surface area contributed by atoms with Crippen molar-refractivity contribution < 1.29 is 29.0 Å². The first kappa shape index (κ1) is 35.9. The molecule has 42 heavy (non-hydrogen) atoms. The molecule has 6 atom stereocenters. The van der Waals surface area contributed by atoms with E-state index in [0.717, 1.165) is 19.3 Å². The zero-order valence-electron chi connectivity index (χ0n) is 25.4. The number of aliphatic hydroxyl groups excluding tert-OH is 1. The van der Waals surface area contributed by atoms with E-state index in [0.29, 0.717) is 50.4 Å². The van der Waals surface area contributed by atoms with Crippen molar-refractivity contribution in [1.29, 1.82) is 0 Å². The van der Waals surface area contributed by atoms with E-state index in [1.807, 2.05) is 0 Å². The largest absolute Gasteiger partial charge is 0.481 e. The molecule has 1 aliphatic heterocycles. The first-order valence-electron chi connectivity index (χ1n) is 15.2. The second kappa shape index (κ2) is 15.5. The quantitative estimate of drug-likeness (QED) is 0.0490. The molecule has 0 spiro atoms. The van der Waals surface area contributed by atoms with E-state index in [1.54, 1.807) is 5.43 Å².